The highest BCUT2D eigenvalue weighted by Crippen LogP contribution is 2.51. The van der Waals surface area contributed by atoms with Crippen molar-refractivity contribution in [3.63, 3.8) is 0 Å². The van der Waals surface area contributed by atoms with Crippen molar-refractivity contribution < 1.29 is 48.5 Å². The van der Waals surface area contributed by atoms with E-state index in [1.807, 2.05) is 25.1 Å². The minimum Gasteiger partial charge on any atom is -0.507 e. The summed E-state index contributed by atoms with van der Waals surface area (Å²) in [5.41, 5.74) is 13.8. The molecule has 7 aliphatic carbocycles. The number of hydrogen-bond acceptors (Lipinski definition) is 10. The van der Waals surface area contributed by atoms with E-state index >= 15 is 0 Å². The maximum absolute atomic E-state index is 11.1. The molecule has 0 radical (unpaired) electrons. The fourth-order valence-corrected chi connectivity index (χ4v) is 17.0. The zero-order valence-electron chi connectivity index (χ0n) is 65.4. The molecule has 0 aliphatic heterocycles. The van der Waals surface area contributed by atoms with Gasteiger partial charge in [-0.3, -0.25) is 0 Å². The van der Waals surface area contributed by atoms with E-state index in [1.54, 1.807) is 0 Å². The Labute approximate surface area is 625 Å². The van der Waals surface area contributed by atoms with Crippen molar-refractivity contribution in [3.05, 3.63) is 141 Å². The molecule has 0 unspecified atom stereocenters. The lowest BCUT2D eigenvalue weighted by Crippen LogP contribution is -2.22. The van der Waals surface area contributed by atoms with Crippen LogP contribution in [0.25, 0.3) is 0 Å². The molecule has 4 fully saturated rings. The van der Waals surface area contributed by atoms with Gasteiger partial charge in [0.2, 0.25) is 0 Å². The SMILES string of the molecule is C=C(C)[C@@H]1CCC(C)=C[C@H]1c1c(O)cc(CCCCC)cc1O.C=C(C)[C@@H]1CCC(C)=C[C@H]1c1c(O)cc(CCCCC)cc1OCOC1CCCCC1.C=C(C)[C@@H]1CCC(C)=C[C@H]1c1c(OCOC2CCCCC2)cc(CCCCC)cc1OCOC1CCCCC1.ClCOC1CCCCC1. The minimum atomic E-state index is 0.0194. The van der Waals surface area contributed by atoms with Gasteiger partial charge >= 0.3 is 0 Å². The molecular formula is C91H139ClO10. The lowest BCUT2D eigenvalue weighted by Gasteiger charge is -2.33. The van der Waals surface area contributed by atoms with Crippen molar-refractivity contribution in [1.82, 2.24) is 0 Å². The molecule has 0 bridgehead atoms. The molecule has 102 heavy (non-hydrogen) atoms. The number of benzene rings is 3. The van der Waals surface area contributed by atoms with E-state index in [9.17, 15) is 15.3 Å². The second-order valence-corrected chi connectivity index (χ2v) is 31.9. The largest absolute Gasteiger partial charge is 0.507 e. The van der Waals surface area contributed by atoms with Gasteiger partial charge in [0.25, 0.3) is 0 Å². The highest BCUT2D eigenvalue weighted by molar-refractivity contribution is 6.17. The molecule has 10 rings (SSSR count). The second kappa shape index (κ2) is 46.2. The molecule has 0 amide bonds. The first-order valence-electron chi connectivity index (χ1n) is 40.9. The average Bonchev–Trinajstić information content (AvgIpc) is 0.799. The lowest BCUT2D eigenvalue weighted by molar-refractivity contribution is -0.0531. The minimum absolute atomic E-state index is 0.0194. The quantitative estimate of drug-likeness (QED) is 0.0241. The molecule has 0 heterocycles. The van der Waals surface area contributed by atoms with Crippen LogP contribution in [0, 0.1) is 17.8 Å². The Hall–Kier alpha value is -4.97. The monoisotopic (exact) mass is 1430 g/mol. The fraction of sp³-hybridized carbons (Fsp3) is 0.670. The molecule has 3 N–H and O–H groups in total. The number of ether oxygens (including phenoxy) is 7. The van der Waals surface area contributed by atoms with Crippen LogP contribution in [0.4, 0.5) is 0 Å². The smallest absolute Gasteiger partial charge is 0.189 e. The van der Waals surface area contributed by atoms with Gasteiger partial charge < -0.3 is 48.5 Å². The number of phenolic OH excluding ortho intramolecular Hbond substituents is 3. The zero-order valence-corrected chi connectivity index (χ0v) is 66.1. The van der Waals surface area contributed by atoms with Gasteiger partial charge in [0.05, 0.1) is 24.4 Å². The van der Waals surface area contributed by atoms with Crippen LogP contribution in [0.3, 0.4) is 0 Å². The van der Waals surface area contributed by atoms with E-state index in [0.29, 0.717) is 67.2 Å². The average molecular weight is 1430 g/mol. The maximum Gasteiger partial charge on any atom is 0.189 e. The van der Waals surface area contributed by atoms with Gasteiger partial charge in [-0.05, 0) is 241 Å². The Bertz CT molecular complexity index is 3010. The van der Waals surface area contributed by atoms with Gasteiger partial charge in [0.15, 0.2) is 20.4 Å². The normalized spacial score (nSPS) is 22.2. The standard InChI is InChI=1S/C35H54O4.C28H42O3.C21H30O2.C7H13ClO/c1-5-6-9-14-28-22-33(38-24-36-29-15-10-7-11-16-29)35(32-21-27(4)19-20-31(32)26(2)3)34(23-28)39-25-37-30-17-12-8-13-18-30;1-5-6-8-11-22-17-26(29)28(25-16-21(4)14-15-24(25)20(2)3)27(18-22)31-19-30-23-12-9-7-10-13-23;1-5-6-7-8-16-12-19(22)21(20(23)13-16)18-11-15(4)9-10-17(18)14(2)3;8-6-9-7-4-2-1-3-5-7/h21-23,29-32H,2,5-20,24-25H2,1,3-4H3;16-18,23-25,29H,2,5-15,19H2,1,3-4H3;11-13,17-18,22-23H,2,5-10H2,1,3-4H3;7H,1-6H2/t31-,32+;24-,25+;17-,18+;/m000./s1. The Morgan fingerprint density at radius 2 is 0.647 bits per heavy atom. The molecule has 7 aliphatic rings. The summed E-state index contributed by atoms with van der Waals surface area (Å²) in [6.07, 6.45) is 53.0. The van der Waals surface area contributed by atoms with Gasteiger partial charge in [-0.15, -0.1) is 0 Å². The number of unbranched alkanes of at least 4 members (excludes halogenated alkanes) is 6. The Kier molecular flexibility index (Phi) is 38.2. The molecule has 570 valence electrons. The van der Waals surface area contributed by atoms with Crippen molar-refractivity contribution >= 4 is 11.6 Å². The number of halogens is 1. The Balaban J connectivity index is 0.000000207. The lowest BCUT2D eigenvalue weighted by atomic mass is 9.73. The number of alkyl halides is 1. The van der Waals surface area contributed by atoms with Crippen LogP contribution in [0.15, 0.2) is 108 Å². The van der Waals surface area contributed by atoms with Crippen LogP contribution in [-0.2, 0) is 38.2 Å². The van der Waals surface area contributed by atoms with Gasteiger partial charge in [-0.1, -0.05) is 219 Å². The van der Waals surface area contributed by atoms with Gasteiger partial charge in [0.1, 0.15) is 40.6 Å². The third-order valence-corrected chi connectivity index (χ3v) is 23.1. The molecule has 0 spiro atoms. The molecule has 3 aromatic rings. The van der Waals surface area contributed by atoms with Crippen molar-refractivity contribution in [2.24, 2.45) is 17.8 Å². The summed E-state index contributed by atoms with van der Waals surface area (Å²) in [7, 11) is 0. The molecular weight excluding hydrogens is 1290 g/mol. The molecule has 11 heteroatoms. The van der Waals surface area contributed by atoms with Gasteiger partial charge in [-0.25, -0.2) is 0 Å². The molecule has 0 aromatic heterocycles. The van der Waals surface area contributed by atoms with Crippen LogP contribution in [0.1, 0.15) is 338 Å². The Morgan fingerprint density at radius 1 is 0.373 bits per heavy atom. The molecule has 0 saturated heterocycles. The summed E-state index contributed by atoms with van der Waals surface area (Å²) in [6, 6.07) is 12.6. The third-order valence-electron chi connectivity index (χ3n) is 22.9. The second-order valence-electron chi connectivity index (χ2n) is 31.6. The summed E-state index contributed by atoms with van der Waals surface area (Å²) >= 11 is 5.41. The van der Waals surface area contributed by atoms with Crippen LogP contribution < -0.4 is 14.2 Å². The first-order chi connectivity index (χ1) is 49.4. The number of allylic oxidation sites excluding steroid dienone is 9. The first kappa shape index (κ1) is 84.3. The van der Waals surface area contributed by atoms with E-state index < -0.39 is 0 Å². The summed E-state index contributed by atoms with van der Waals surface area (Å²) in [5.74, 6) is 4.66. The van der Waals surface area contributed by atoms with Crippen LogP contribution in [0.2, 0.25) is 0 Å². The van der Waals surface area contributed by atoms with E-state index in [-0.39, 0.29) is 42.0 Å². The highest BCUT2D eigenvalue weighted by Gasteiger charge is 2.35. The van der Waals surface area contributed by atoms with Gasteiger partial charge in [0, 0.05) is 34.4 Å². The molecule has 10 nitrogen and oxygen atoms in total. The Morgan fingerprint density at radius 3 is 0.961 bits per heavy atom. The van der Waals surface area contributed by atoms with Crippen molar-refractivity contribution in [2.75, 3.05) is 26.4 Å². The van der Waals surface area contributed by atoms with Crippen molar-refractivity contribution in [1.29, 1.82) is 0 Å². The van der Waals surface area contributed by atoms with E-state index in [0.717, 1.165) is 154 Å². The van der Waals surface area contributed by atoms with E-state index in [1.165, 1.54) is 168 Å². The predicted molar refractivity (Wildman–Crippen MR) is 425 cm³/mol. The summed E-state index contributed by atoms with van der Waals surface area (Å²) < 4.78 is 43.1. The fourth-order valence-electron chi connectivity index (χ4n) is 16.9. The maximum atomic E-state index is 11.1. The summed E-state index contributed by atoms with van der Waals surface area (Å²) in [5, 5.41) is 32.2. The summed E-state index contributed by atoms with van der Waals surface area (Å²) in [6.45, 7) is 33.1. The van der Waals surface area contributed by atoms with Crippen molar-refractivity contribution in [3.8, 4) is 34.5 Å². The molecule has 4 saturated carbocycles. The summed E-state index contributed by atoms with van der Waals surface area (Å²) in [4.78, 5) is 0. The van der Waals surface area contributed by atoms with Crippen LogP contribution >= 0.6 is 11.6 Å². The zero-order chi connectivity index (χ0) is 73.2. The number of rotatable bonds is 32. The predicted octanol–water partition coefficient (Wildman–Crippen LogP) is 26.0. The number of aryl methyl sites for hydroxylation is 3. The van der Waals surface area contributed by atoms with Gasteiger partial charge in [-0.2, -0.15) is 0 Å². The molecule has 6 atom stereocenters. The topological polar surface area (TPSA) is 125 Å². The third kappa shape index (κ3) is 27.7. The highest BCUT2D eigenvalue weighted by atomic mass is 35.5. The number of phenols is 3. The number of hydrogen-bond donors (Lipinski definition) is 3. The van der Waals surface area contributed by atoms with E-state index in [4.69, 9.17) is 44.8 Å². The van der Waals surface area contributed by atoms with E-state index in [2.05, 4.69) is 112 Å². The van der Waals surface area contributed by atoms with Crippen molar-refractivity contribution in [2.45, 2.75) is 348 Å². The number of aromatic hydroxyl groups is 3. The molecule has 3 aromatic carbocycles. The van der Waals surface area contributed by atoms with Crippen LogP contribution in [-0.4, -0.2) is 66.2 Å². The van der Waals surface area contributed by atoms with Crippen LogP contribution in [0.5, 0.6) is 34.5 Å². The first-order valence-corrected chi connectivity index (χ1v) is 41.4.